The topological polar surface area (TPSA) is 78.8 Å². The molecule has 0 amide bonds. The van der Waals surface area contributed by atoms with E-state index in [2.05, 4.69) is 15.5 Å². The van der Waals surface area contributed by atoms with Crippen LogP contribution >= 0.6 is 0 Å². The SMILES string of the molecule is COc1ccc(-n2nnnc2-c2cc(C)ccc2N)cc1. The number of hydrogen-bond acceptors (Lipinski definition) is 5. The van der Waals surface area contributed by atoms with Crippen molar-refractivity contribution in [2.24, 2.45) is 0 Å². The van der Waals surface area contributed by atoms with Crippen molar-refractivity contribution in [3.05, 3.63) is 48.0 Å². The summed E-state index contributed by atoms with van der Waals surface area (Å²) in [6, 6.07) is 13.3. The maximum absolute atomic E-state index is 6.04. The molecule has 0 saturated heterocycles. The van der Waals surface area contributed by atoms with Crippen molar-refractivity contribution in [3.8, 4) is 22.8 Å². The van der Waals surface area contributed by atoms with Gasteiger partial charge in [-0.2, -0.15) is 4.68 Å². The van der Waals surface area contributed by atoms with Crippen LogP contribution in [-0.2, 0) is 0 Å². The first kappa shape index (κ1) is 13.1. The van der Waals surface area contributed by atoms with Crippen LogP contribution in [-0.4, -0.2) is 27.3 Å². The average Bonchev–Trinajstić information content (AvgIpc) is 2.99. The van der Waals surface area contributed by atoms with Crippen molar-refractivity contribution in [3.63, 3.8) is 0 Å². The van der Waals surface area contributed by atoms with Crippen LogP contribution in [0.4, 0.5) is 5.69 Å². The number of aryl methyl sites for hydroxylation is 1. The Labute approximate surface area is 122 Å². The summed E-state index contributed by atoms with van der Waals surface area (Å²) >= 11 is 0. The van der Waals surface area contributed by atoms with E-state index in [1.807, 2.05) is 49.4 Å². The molecule has 0 aliphatic carbocycles. The number of nitrogen functional groups attached to an aromatic ring is 1. The van der Waals surface area contributed by atoms with Gasteiger partial charge in [0.1, 0.15) is 5.75 Å². The highest BCUT2D eigenvalue weighted by Gasteiger charge is 2.13. The Morgan fingerprint density at radius 1 is 1.10 bits per heavy atom. The van der Waals surface area contributed by atoms with E-state index in [-0.39, 0.29) is 0 Å². The summed E-state index contributed by atoms with van der Waals surface area (Å²) < 4.78 is 6.81. The van der Waals surface area contributed by atoms with Crippen molar-refractivity contribution in [2.45, 2.75) is 6.92 Å². The minimum absolute atomic E-state index is 0.612. The van der Waals surface area contributed by atoms with Gasteiger partial charge < -0.3 is 10.5 Å². The molecule has 3 aromatic rings. The molecule has 2 N–H and O–H groups in total. The standard InChI is InChI=1S/C15H15N5O/c1-10-3-8-14(16)13(9-10)15-17-18-19-20(15)11-4-6-12(21-2)7-5-11/h3-9H,16H2,1-2H3. The van der Waals surface area contributed by atoms with Crippen molar-refractivity contribution < 1.29 is 4.74 Å². The van der Waals surface area contributed by atoms with E-state index in [1.165, 1.54) is 0 Å². The Morgan fingerprint density at radius 3 is 2.57 bits per heavy atom. The summed E-state index contributed by atoms with van der Waals surface area (Å²) in [7, 11) is 1.63. The summed E-state index contributed by atoms with van der Waals surface area (Å²) in [6.07, 6.45) is 0. The van der Waals surface area contributed by atoms with E-state index in [4.69, 9.17) is 10.5 Å². The molecule has 0 fully saturated rings. The maximum Gasteiger partial charge on any atom is 0.189 e. The van der Waals surface area contributed by atoms with Crippen LogP contribution < -0.4 is 10.5 Å². The number of anilines is 1. The van der Waals surface area contributed by atoms with Gasteiger partial charge in [0.25, 0.3) is 0 Å². The fraction of sp³-hybridized carbons (Fsp3) is 0.133. The number of rotatable bonds is 3. The number of methoxy groups -OCH3 is 1. The lowest BCUT2D eigenvalue weighted by Crippen LogP contribution is -2.02. The molecule has 1 aromatic heterocycles. The second-order valence-corrected chi connectivity index (χ2v) is 4.70. The number of ether oxygens (including phenoxy) is 1. The van der Waals surface area contributed by atoms with Gasteiger partial charge in [0.2, 0.25) is 0 Å². The van der Waals surface area contributed by atoms with E-state index in [0.29, 0.717) is 11.5 Å². The van der Waals surface area contributed by atoms with E-state index < -0.39 is 0 Å². The number of nitrogens with two attached hydrogens (primary N) is 1. The van der Waals surface area contributed by atoms with E-state index >= 15 is 0 Å². The fourth-order valence-electron chi connectivity index (χ4n) is 2.12. The summed E-state index contributed by atoms with van der Waals surface area (Å²) in [5.41, 5.74) is 9.45. The zero-order valence-corrected chi connectivity index (χ0v) is 11.8. The maximum atomic E-state index is 6.04. The third-order valence-electron chi connectivity index (χ3n) is 3.24. The monoisotopic (exact) mass is 281 g/mol. The van der Waals surface area contributed by atoms with Crippen molar-refractivity contribution >= 4 is 5.69 Å². The number of benzene rings is 2. The Bertz CT molecular complexity index is 764. The van der Waals surface area contributed by atoms with Crippen LogP contribution in [0.1, 0.15) is 5.56 Å². The smallest absolute Gasteiger partial charge is 0.189 e. The molecule has 3 rings (SSSR count). The van der Waals surface area contributed by atoms with E-state index in [9.17, 15) is 0 Å². The average molecular weight is 281 g/mol. The Morgan fingerprint density at radius 2 is 1.86 bits per heavy atom. The van der Waals surface area contributed by atoms with Gasteiger partial charge >= 0.3 is 0 Å². The first-order valence-corrected chi connectivity index (χ1v) is 6.48. The largest absolute Gasteiger partial charge is 0.497 e. The van der Waals surface area contributed by atoms with Crippen molar-refractivity contribution in [1.82, 2.24) is 20.2 Å². The molecule has 0 aliphatic rings. The van der Waals surface area contributed by atoms with Gasteiger partial charge in [-0.05, 0) is 53.7 Å². The molecule has 21 heavy (non-hydrogen) atoms. The van der Waals surface area contributed by atoms with Gasteiger partial charge in [-0.25, -0.2) is 0 Å². The summed E-state index contributed by atoms with van der Waals surface area (Å²) in [5.74, 6) is 1.39. The summed E-state index contributed by atoms with van der Waals surface area (Å²) in [6.45, 7) is 2.00. The molecule has 0 radical (unpaired) electrons. The molecular weight excluding hydrogens is 266 g/mol. The Balaban J connectivity index is 2.10. The lowest BCUT2D eigenvalue weighted by molar-refractivity contribution is 0.414. The van der Waals surface area contributed by atoms with Crippen LogP contribution in [0.3, 0.4) is 0 Å². The second kappa shape index (κ2) is 5.24. The molecule has 0 unspecified atom stereocenters. The van der Waals surface area contributed by atoms with Crippen molar-refractivity contribution in [1.29, 1.82) is 0 Å². The summed E-state index contributed by atoms with van der Waals surface area (Å²) in [4.78, 5) is 0. The second-order valence-electron chi connectivity index (χ2n) is 4.70. The third kappa shape index (κ3) is 2.43. The summed E-state index contributed by atoms with van der Waals surface area (Å²) in [5, 5.41) is 11.9. The first-order chi connectivity index (χ1) is 10.2. The number of nitrogens with zero attached hydrogens (tertiary/aromatic N) is 4. The van der Waals surface area contributed by atoms with E-state index in [0.717, 1.165) is 22.6 Å². The van der Waals surface area contributed by atoms with Gasteiger partial charge in [-0.1, -0.05) is 11.6 Å². The quantitative estimate of drug-likeness (QED) is 0.745. The van der Waals surface area contributed by atoms with Gasteiger partial charge in [0.05, 0.1) is 12.8 Å². The lowest BCUT2D eigenvalue weighted by atomic mass is 10.1. The van der Waals surface area contributed by atoms with Gasteiger partial charge in [0, 0.05) is 11.3 Å². The zero-order chi connectivity index (χ0) is 14.8. The predicted molar refractivity (Wildman–Crippen MR) is 80.3 cm³/mol. The highest BCUT2D eigenvalue weighted by atomic mass is 16.5. The van der Waals surface area contributed by atoms with Gasteiger partial charge in [0.15, 0.2) is 5.82 Å². The van der Waals surface area contributed by atoms with Crippen LogP contribution in [0.2, 0.25) is 0 Å². The molecule has 6 heteroatoms. The minimum atomic E-state index is 0.612. The molecule has 1 heterocycles. The van der Waals surface area contributed by atoms with Crippen molar-refractivity contribution in [2.75, 3.05) is 12.8 Å². The highest BCUT2D eigenvalue weighted by molar-refractivity contribution is 5.73. The normalized spacial score (nSPS) is 10.6. The Kier molecular flexibility index (Phi) is 3.27. The van der Waals surface area contributed by atoms with Crippen LogP contribution in [0.15, 0.2) is 42.5 Å². The molecule has 2 aromatic carbocycles. The number of hydrogen-bond donors (Lipinski definition) is 1. The zero-order valence-electron chi connectivity index (χ0n) is 11.8. The third-order valence-corrected chi connectivity index (χ3v) is 3.24. The molecule has 106 valence electrons. The van der Waals surface area contributed by atoms with Gasteiger partial charge in [-0.15, -0.1) is 5.10 Å². The molecule has 0 atom stereocenters. The number of tetrazole rings is 1. The van der Waals surface area contributed by atoms with Gasteiger partial charge in [-0.3, -0.25) is 0 Å². The minimum Gasteiger partial charge on any atom is -0.497 e. The molecule has 0 saturated carbocycles. The highest BCUT2D eigenvalue weighted by Crippen LogP contribution is 2.26. The molecule has 0 bridgehead atoms. The Hall–Kier alpha value is -2.89. The fourth-order valence-corrected chi connectivity index (χ4v) is 2.12. The van der Waals surface area contributed by atoms with Crippen LogP contribution in [0.5, 0.6) is 5.75 Å². The number of aromatic nitrogens is 4. The first-order valence-electron chi connectivity index (χ1n) is 6.48. The molecule has 6 nitrogen and oxygen atoms in total. The molecule has 0 aliphatic heterocycles. The van der Waals surface area contributed by atoms with E-state index in [1.54, 1.807) is 11.8 Å². The predicted octanol–water partition coefficient (Wildman–Crippen LogP) is 2.23. The lowest BCUT2D eigenvalue weighted by Gasteiger charge is -2.08. The molecule has 0 spiro atoms. The van der Waals surface area contributed by atoms with Crippen LogP contribution in [0, 0.1) is 6.92 Å². The van der Waals surface area contributed by atoms with Crippen LogP contribution in [0.25, 0.3) is 17.1 Å². The molecular formula is C15H15N5O.